The Bertz CT molecular complexity index is 505. The molecule has 0 amide bonds. The van der Waals surface area contributed by atoms with Crippen LogP contribution in [0.1, 0.15) is 30.7 Å². The second-order valence-corrected chi connectivity index (χ2v) is 4.60. The van der Waals surface area contributed by atoms with E-state index in [0.717, 1.165) is 6.20 Å². The van der Waals surface area contributed by atoms with Gasteiger partial charge in [0.2, 0.25) is 0 Å². The maximum Gasteiger partial charge on any atom is 0.435 e. The molecule has 0 aromatic carbocycles. The van der Waals surface area contributed by atoms with Crippen LogP contribution in [0.15, 0.2) is 6.20 Å². The number of halogens is 7. The minimum absolute atomic E-state index is 0.215. The van der Waals surface area contributed by atoms with Crippen LogP contribution in [-0.4, -0.2) is 29.0 Å². The monoisotopic (exact) mass is 317 g/mol. The molecule has 3 nitrogen and oxygen atoms in total. The maximum atomic E-state index is 13.0. The number of anilines is 1. The average Bonchev–Trinajstić information content (AvgIpc) is 2.37. The second-order valence-electron chi connectivity index (χ2n) is 4.60. The van der Waals surface area contributed by atoms with Crippen molar-refractivity contribution < 1.29 is 30.7 Å². The van der Waals surface area contributed by atoms with E-state index in [0.29, 0.717) is 0 Å². The van der Waals surface area contributed by atoms with Crippen LogP contribution in [0.25, 0.3) is 0 Å². The highest BCUT2D eigenvalue weighted by Gasteiger charge is 2.40. The molecule has 118 valence electrons. The van der Waals surface area contributed by atoms with Crippen molar-refractivity contribution >= 4 is 5.82 Å². The van der Waals surface area contributed by atoms with Gasteiger partial charge in [-0.05, 0) is 0 Å². The van der Waals surface area contributed by atoms with Crippen molar-refractivity contribution in [1.29, 1.82) is 0 Å². The third-order valence-electron chi connectivity index (χ3n) is 3.08. The summed E-state index contributed by atoms with van der Waals surface area (Å²) < 4.78 is 89.1. The SMILES string of the molecule is FC(F)c1ncc(N2CCC(F)(F)CC2)nc1C(F)(F)F. The van der Waals surface area contributed by atoms with Crippen molar-refractivity contribution in [3.63, 3.8) is 0 Å². The standard InChI is InChI=1S/C11H10F7N3/c12-9(13)7-8(11(16,17)18)20-6(5-19-7)21-3-1-10(14,15)2-4-21/h5,9H,1-4H2. The molecule has 2 rings (SSSR count). The van der Waals surface area contributed by atoms with E-state index in [9.17, 15) is 30.7 Å². The Morgan fingerprint density at radius 2 is 1.71 bits per heavy atom. The Labute approximate surface area is 114 Å². The van der Waals surface area contributed by atoms with E-state index in [-0.39, 0.29) is 18.9 Å². The minimum atomic E-state index is -5.09. The summed E-state index contributed by atoms with van der Waals surface area (Å²) in [6, 6.07) is 0. The van der Waals surface area contributed by atoms with Crippen LogP contribution in [0.3, 0.4) is 0 Å². The van der Waals surface area contributed by atoms with E-state index >= 15 is 0 Å². The van der Waals surface area contributed by atoms with Crippen LogP contribution in [0.2, 0.25) is 0 Å². The van der Waals surface area contributed by atoms with Crippen molar-refractivity contribution in [3.8, 4) is 0 Å². The van der Waals surface area contributed by atoms with Crippen LogP contribution < -0.4 is 4.90 Å². The van der Waals surface area contributed by atoms with Gasteiger partial charge in [0, 0.05) is 25.9 Å². The molecule has 10 heteroatoms. The minimum Gasteiger partial charge on any atom is -0.355 e. The fourth-order valence-corrected chi connectivity index (χ4v) is 1.97. The molecule has 0 radical (unpaired) electrons. The molecule has 1 saturated heterocycles. The first-order chi connectivity index (χ1) is 9.60. The molecule has 1 fully saturated rings. The Morgan fingerprint density at radius 1 is 1.14 bits per heavy atom. The molecule has 1 aliphatic rings. The molecular weight excluding hydrogens is 307 g/mol. The number of rotatable bonds is 2. The Balaban J connectivity index is 2.30. The lowest BCUT2D eigenvalue weighted by atomic mass is 10.1. The Kier molecular flexibility index (Phi) is 3.98. The fourth-order valence-electron chi connectivity index (χ4n) is 1.97. The third kappa shape index (κ3) is 3.53. The lowest BCUT2D eigenvalue weighted by molar-refractivity contribution is -0.143. The first-order valence-electron chi connectivity index (χ1n) is 5.95. The molecule has 0 bridgehead atoms. The average molecular weight is 317 g/mol. The van der Waals surface area contributed by atoms with E-state index in [2.05, 4.69) is 9.97 Å². The van der Waals surface area contributed by atoms with Crippen LogP contribution in [0.5, 0.6) is 0 Å². The van der Waals surface area contributed by atoms with Crippen molar-refractivity contribution in [2.45, 2.75) is 31.4 Å². The van der Waals surface area contributed by atoms with Gasteiger partial charge in [-0.3, -0.25) is 0 Å². The van der Waals surface area contributed by atoms with Crippen LogP contribution >= 0.6 is 0 Å². The second kappa shape index (κ2) is 5.30. The van der Waals surface area contributed by atoms with Gasteiger partial charge in [0.25, 0.3) is 12.3 Å². The Hall–Kier alpha value is -1.61. The lowest BCUT2D eigenvalue weighted by Crippen LogP contribution is -2.40. The smallest absolute Gasteiger partial charge is 0.355 e. The zero-order valence-corrected chi connectivity index (χ0v) is 10.5. The number of alkyl halides is 7. The highest BCUT2D eigenvalue weighted by Crippen LogP contribution is 2.36. The highest BCUT2D eigenvalue weighted by atomic mass is 19.4. The van der Waals surface area contributed by atoms with Gasteiger partial charge >= 0.3 is 6.18 Å². The molecule has 0 aliphatic carbocycles. The lowest BCUT2D eigenvalue weighted by Gasteiger charge is -2.32. The van der Waals surface area contributed by atoms with Crippen LogP contribution in [0.4, 0.5) is 36.6 Å². The molecule has 0 spiro atoms. The quantitative estimate of drug-likeness (QED) is 0.779. The van der Waals surface area contributed by atoms with E-state index in [1.807, 2.05) is 0 Å². The summed E-state index contributed by atoms with van der Waals surface area (Å²) >= 11 is 0. The van der Waals surface area contributed by atoms with Gasteiger partial charge in [0.05, 0.1) is 6.20 Å². The molecular formula is C11H10F7N3. The van der Waals surface area contributed by atoms with Crippen molar-refractivity contribution in [1.82, 2.24) is 9.97 Å². The molecule has 0 unspecified atom stereocenters. The van der Waals surface area contributed by atoms with Gasteiger partial charge in [-0.1, -0.05) is 0 Å². The van der Waals surface area contributed by atoms with Crippen molar-refractivity contribution in [3.05, 3.63) is 17.6 Å². The molecule has 21 heavy (non-hydrogen) atoms. The van der Waals surface area contributed by atoms with Gasteiger partial charge in [-0.2, -0.15) is 13.2 Å². The molecule has 1 aliphatic heterocycles. The first-order valence-corrected chi connectivity index (χ1v) is 5.95. The molecule has 2 heterocycles. The summed E-state index contributed by atoms with van der Waals surface area (Å²) in [7, 11) is 0. The topological polar surface area (TPSA) is 29.0 Å². The normalized spacial score (nSPS) is 19.1. The fraction of sp³-hybridized carbons (Fsp3) is 0.636. The summed E-state index contributed by atoms with van der Waals surface area (Å²) in [5, 5.41) is 0. The summed E-state index contributed by atoms with van der Waals surface area (Å²) in [6.45, 7) is -0.431. The number of hydrogen-bond donors (Lipinski definition) is 0. The number of hydrogen-bond acceptors (Lipinski definition) is 3. The molecule has 0 N–H and O–H groups in total. The first kappa shape index (κ1) is 15.8. The van der Waals surface area contributed by atoms with Crippen LogP contribution in [-0.2, 0) is 6.18 Å². The van der Waals surface area contributed by atoms with Crippen LogP contribution in [0, 0.1) is 0 Å². The number of piperidine rings is 1. The van der Waals surface area contributed by atoms with Gasteiger partial charge in [-0.15, -0.1) is 0 Å². The summed E-state index contributed by atoms with van der Waals surface area (Å²) in [4.78, 5) is 7.42. The van der Waals surface area contributed by atoms with Gasteiger partial charge in [0.1, 0.15) is 11.5 Å². The third-order valence-corrected chi connectivity index (χ3v) is 3.08. The van der Waals surface area contributed by atoms with Crippen molar-refractivity contribution in [2.24, 2.45) is 0 Å². The molecule has 0 saturated carbocycles. The summed E-state index contributed by atoms with van der Waals surface area (Å²) in [5.41, 5.74) is -3.25. The number of nitrogens with zero attached hydrogens (tertiary/aromatic N) is 3. The van der Waals surface area contributed by atoms with E-state index in [4.69, 9.17) is 0 Å². The predicted octanol–water partition coefficient (Wildman–Crippen LogP) is 3.67. The van der Waals surface area contributed by atoms with E-state index < -0.39 is 42.8 Å². The van der Waals surface area contributed by atoms with Crippen molar-refractivity contribution in [2.75, 3.05) is 18.0 Å². The largest absolute Gasteiger partial charge is 0.435 e. The highest BCUT2D eigenvalue weighted by molar-refractivity contribution is 5.39. The predicted molar refractivity (Wildman–Crippen MR) is 58.4 cm³/mol. The van der Waals surface area contributed by atoms with Gasteiger partial charge in [-0.25, -0.2) is 27.5 Å². The van der Waals surface area contributed by atoms with Gasteiger partial charge in [0.15, 0.2) is 5.69 Å². The van der Waals surface area contributed by atoms with Gasteiger partial charge < -0.3 is 4.90 Å². The molecule has 1 aromatic heterocycles. The maximum absolute atomic E-state index is 13.0. The number of aromatic nitrogens is 2. The summed E-state index contributed by atoms with van der Waals surface area (Å²) in [5.74, 6) is -3.21. The van der Waals surface area contributed by atoms with E-state index in [1.165, 1.54) is 4.90 Å². The Morgan fingerprint density at radius 3 is 2.19 bits per heavy atom. The molecule has 1 aromatic rings. The zero-order chi connectivity index (χ0) is 15.8. The molecule has 0 atom stereocenters. The van der Waals surface area contributed by atoms with E-state index in [1.54, 1.807) is 0 Å². The summed E-state index contributed by atoms with van der Waals surface area (Å²) in [6.07, 6.45) is -8.83. The zero-order valence-electron chi connectivity index (χ0n) is 10.5.